The van der Waals surface area contributed by atoms with Crippen molar-refractivity contribution in [1.82, 2.24) is 15.2 Å². The number of hydrogen-bond acceptors (Lipinski definition) is 5. The molecule has 0 bridgehead atoms. The number of pyridine rings is 1. The van der Waals surface area contributed by atoms with E-state index >= 15 is 0 Å². The van der Waals surface area contributed by atoms with E-state index in [1.54, 1.807) is 5.56 Å². The Kier molecular flexibility index (Phi) is 5.77. The Morgan fingerprint density at radius 2 is 1.97 bits per heavy atom. The minimum atomic E-state index is 0.371. The maximum absolute atomic E-state index is 6.15. The van der Waals surface area contributed by atoms with Gasteiger partial charge in [0.15, 0.2) is 0 Å². The summed E-state index contributed by atoms with van der Waals surface area (Å²) in [5.41, 5.74) is 13.3. The van der Waals surface area contributed by atoms with E-state index < -0.39 is 0 Å². The number of piperidine rings is 1. The average molecular weight is 406 g/mol. The molecule has 1 fully saturated rings. The molecule has 1 aromatic heterocycles. The van der Waals surface area contributed by atoms with Gasteiger partial charge in [-0.2, -0.15) is 0 Å². The summed E-state index contributed by atoms with van der Waals surface area (Å²) >= 11 is 0. The van der Waals surface area contributed by atoms with E-state index in [9.17, 15) is 0 Å². The number of nitrogens with zero attached hydrogens (tertiary/aromatic N) is 3. The van der Waals surface area contributed by atoms with E-state index in [-0.39, 0.29) is 0 Å². The molecule has 2 aromatic rings. The normalized spacial score (nSPS) is 24.6. The second kappa shape index (κ2) is 8.66. The molecule has 3 heterocycles. The summed E-state index contributed by atoms with van der Waals surface area (Å²) in [6.07, 6.45) is 8.89. The van der Waals surface area contributed by atoms with Crippen molar-refractivity contribution in [3.63, 3.8) is 0 Å². The van der Waals surface area contributed by atoms with Crippen molar-refractivity contribution < 1.29 is 0 Å². The van der Waals surface area contributed by atoms with E-state index in [2.05, 4.69) is 52.5 Å². The number of aromatic nitrogens is 1. The number of nitrogens with one attached hydrogen (secondary N) is 1. The highest BCUT2D eigenvalue weighted by Crippen LogP contribution is 2.34. The number of nitrogens with two attached hydrogens (primary N) is 1. The molecule has 1 saturated heterocycles. The molecule has 160 valence electrons. The molecule has 5 rings (SSSR count). The van der Waals surface area contributed by atoms with Crippen molar-refractivity contribution in [1.29, 1.82) is 0 Å². The number of fused-ring (bicyclic) bond motifs is 2. The Morgan fingerprint density at radius 3 is 2.83 bits per heavy atom. The summed E-state index contributed by atoms with van der Waals surface area (Å²) in [5.74, 6) is 0. The lowest BCUT2D eigenvalue weighted by atomic mass is 9.89. The van der Waals surface area contributed by atoms with Crippen LogP contribution in [0.1, 0.15) is 54.1 Å². The van der Waals surface area contributed by atoms with Crippen molar-refractivity contribution in [2.45, 2.75) is 63.2 Å². The maximum Gasteiger partial charge on any atom is 0.0607 e. The monoisotopic (exact) mass is 405 g/mol. The quantitative estimate of drug-likeness (QED) is 0.819. The highest BCUT2D eigenvalue weighted by Gasteiger charge is 2.29. The zero-order valence-electron chi connectivity index (χ0n) is 18.2. The van der Waals surface area contributed by atoms with Gasteiger partial charge in [0, 0.05) is 50.1 Å². The summed E-state index contributed by atoms with van der Waals surface area (Å²) in [6.45, 7) is 4.19. The summed E-state index contributed by atoms with van der Waals surface area (Å²) < 4.78 is 0. The van der Waals surface area contributed by atoms with Crippen LogP contribution in [-0.4, -0.2) is 48.6 Å². The number of rotatable bonds is 4. The van der Waals surface area contributed by atoms with Gasteiger partial charge in [0.05, 0.1) is 11.7 Å². The van der Waals surface area contributed by atoms with Crippen LogP contribution >= 0.6 is 0 Å². The Bertz CT molecular complexity index is 874. The fraction of sp³-hybridized carbons (Fsp3) is 0.560. The number of likely N-dealkylation sites (N-methyl/N-ethyl adjacent to an activating group) is 1. The lowest BCUT2D eigenvalue weighted by Gasteiger charge is -2.38. The second-order valence-electron chi connectivity index (χ2n) is 9.42. The molecule has 0 amide bonds. The third-order valence-corrected chi connectivity index (χ3v) is 7.37. The zero-order chi connectivity index (χ0) is 20.5. The predicted molar refractivity (Wildman–Crippen MR) is 123 cm³/mol. The van der Waals surface area contributed by atoms with Crippen molar-refractivity contribution in [3.8, 4) is 0 Å². The molecule has 0 unspecified atom stereocenters. The first-order valence-corrected chi connectivity index (χ1v) is 11.7. The summed E-state index contributed by atoms with van der Waals surface area (Å²) in [4.78, 5) is 9.86. The van der Waals surface area contributed by atoms with Crippen LogP contribution < -0.4 is 16.0 Å². The molecule has 2 atom stereocenters. The number of aryl methyl sites for hydroxylation is 1. The van der Waals surface area contributed by atoms with Crippen LogP contribution in [0.4, 0.5) is 5.69 Å². The molecule has 1 aromatic carbocycles. The molecule has 3 aliphatic rings. The number of anilines is 1. The molecule has 30 heavy (non-hydrogen) atoms. The molecular weight excluding hydrogens is 370 g/mol. The van der Waals surface area contributed by atoms with Gasteiger partial charge in [0.2, 0.25) is 0 Å². The van der Waals surface area contributed by atoms with Crippen molar-refractivity contribution in [3.05, 3.63) is 58.9 Å². The predicted octanol–water partition coefficient (Wildman–Crippen LogP) is 3.03. The molecular formula is C25H35N5. The van der Waals surface area contributed by atoms with E-state index in [1.165, 1.54) is 41.8 Å². The van der Waals surface area contributed by atoms with E-state index in [1.807, 2.05) is 6.20 Å². The number of hydrogen-bond donors (Lipinski definition) is 2. The summed E-state index contributed by atoms with van der Waals surface area (Å²) in [5, 5.41) is 3.81. The average Bonchev–Trinajstić information content (AvgIpc) is 2.79. The van der Waals surface area contributed by atoms with Crippen LogP contribution in [0.3, 0.4) is 0 Å². The van der Waals surface area contributed by atoms with E-state index in [0.29, 0.717) is 18.1 Å². The maximum atomic E-state index is 6.15. The van der Waals surface area contributed by atoms with Gasteiger partial charge < -0.3 is 16.0 Å². The van der Waals surface area contributed by atoms with Gasteiger partial charge in [0.1, 0.15) is 0 Å². The highest BCUT2D eigenvalue weighted by atomic mass is 15.2. The van der Waals surface area contributed by atoms with E-state index in [0.717, 1.165) is 45.4 Å². The zero-order valence-corrected chi connectivity index (χ0v) is 18.2. The highest BCUT2D eigenvalue weighted by molar-refractivity contribution is 5.58. The largest absolute Gasteiger partial charge is 0.371 e. The molecule has 0 radical (unpaired) electrons. The van der Waals surface area contributed by atoms with Crippen molar-refractivity contribution in [2.24, 2.45) is 5.73 Å². The topological polar surface area (TPSA) is 57.4 Å². The molecule has 1 aliphatic carbocycles. The van der Waals surface area contributed by atoms with Crippen molar-refractivity contribution in [2.75, 3.05) is 31.6 Å². The van der Waals surface area contributed by atoms with Gasteiger partial charge in [-0.25, -0.2) is 0 Å². The molecule has 3 N–H and O–H groups in total. The van der Waals surface area contributed by atoms with Crippen LogP contribution in [0.5, 0.6) is 0 Å². The Labute approximate surface area is 180 Å². The van der Waals surface area contributed by atoms with Crippen molar-refractivity contribution >= 4 is 5.69 Å². The van der Waals surface area contributed by atoms with Crippen LogP contribution in [0, 0.1) is 0 Å². The van der Waals surface area contributed by atoms with Gasteiger partial charge >= 0.3 is 0 Å². The molecule has 0 spiro atoms. The Balaban J connectivity index is 1.30. The van der Waals surface area contributed by atoms with Crippen LogP contribution in [0.2, 0.25) is 0 Å². The second-order valence-corrected chi connectivity index (χ2v) is 9.42. The fourth-order valence-electron chi connectivity index (χ4n) is 5.65. The van der Waals surface area contributed by atoms with Gasteiger partial charge in [-0.3, -0.25) is 9.88 Å². The molecule has 5 heteroatoms. The molecule has 5 nitrogen and oxygen atoms in total. The minimum absolute atomic E-state index is 0.371. The summed E-state index contributed by atoms with van der Waals surface area (Å²) in [6, 6.07) is 12.5. The minimum Gasteiger partial charge on any atom is -0.371 e. The first kappa shape index (κ1) is 20.0. The van der Waals surface area contributed by atoms with Crippen LogP contribution in [0.15, 0.2) is 36.5 Å². The van der Waals surface area contributed by atoms with Crippen LogP contribution in [-0.2, 0) is 19.4 Å². The number of benzene rings is 1. The van der Waals surface area contributed by atoms with Gasteiger partial charge in [-0.1, -0.05) is 18.2 Å². The van der Waals surface area contributed by atoms with Gasteiger partial charge in [-0.05, 0) is 74.4 Å². The third-order valence-electron chi connectivity index (χ3n) is 7.37. The first-order chi connectivity index (χ1) is 14.7. The first-order valence-electron chi connectivity index (χ1n) is 11.7. The lowest BCUT2D eigenvalue weighted by molar-refractivity contribution is 0.191. The summed E-state index contributed by atoms with van der Waals surface area (Å²) in [7, 11) is 2.28. The SMILES string of the molecule is CN(C[C@@H]1Cc2c(cccc2N2CCC(N)CC2)CN1)[C@H]1CCCc2cccnc21. The fourth-order valence-corrected chi connectivity index (χ4v) is 5.65. The smallest absolute Gasteiger partial charge is 0.0607 e. The van der Waals surface area contributed by atoms with Gasteiger partial charge in [-0.15, -0.1) is 0 Å². The molecule has 0 saturated carbocycles. The molecule has 2 aliphatic heterocycles. The van der Waals surface area contributed by atoms with Crippen LogP contribution in [0.25, 0.3) is 0 Å². The third kappa shape index (κ3) is 3.98. The standard InChI is InChI=1S/C25H35N5/c1-29(24-9-2-5-18-7-4-12-27-25(18)24)17-21-15-22-19(16-28-21)6-3-8-23(22)30-13-10-20(26)11-14-30/h3-4,6-8,12,20-21,24,28H,2,5,9-11,13-17,26H2,1H3/t21-,24-/m0/s1. The Hall–Kier alpha value is -1.95. The van der Waals surface area contributed by atoms with E-state index in [4.69, 9.17) is 10.7 Å². The van der Waals surface area contributed by atoms with Gasteiger partial charge in [0.25, 0.3) is 0 Å². The lowest BCUT2D eigenvalue weighted by Crippen LogP contribution is -2.46. The Morgan fingerprint density at radius 1 is 1.13 bits per heavy atom.